The van der Waals surface area contributed by atoms with Gasteiger partial charge in [0.1, 0.15) is 17.8 Å². The number of hydrogen-bond donors (Lipinski definition) is 2. The third-order valence-corrected chi connectivity index (χ3v) is 3.89. The summed E-state index contributed by atoms with van der Waals surface area (Å²) in [5.41, 5.74) is 0.139. The van der Waals surface area contributed by atoms with Gasteiger partial charge in [0, 0.05) is 31.4 Å². The monoisotopic (exact) mass is 332 g/mol. The standard InChI is InChI=1S/C15H17FN6O2/c1-9-4-11(21-15(24)20-9)14(23)17-6-10-2-3-22(7-10)13-5-12(16)18-8-19-13/h4-5,8,10H,2-3,6-7H2,1H3,(H,17,23)(H,20,21,24). The lowest BCUT2D eigenvalue weighted by Crippen LogP contribution is -2.33. The van der Waals surface area contributed by atoms with Crippen LogP contribution in [0.3, 0.4) is 0 Å². The predicted molar refractivity (Wildman–Crippen MR) is 84.2 cm³/mol. The first-order valence-corrected chi connectivity index (χ1v) is 7.60. The summed E-state index contributed by atoms with van der Waals surface area (Å²) < 4.78 is 13.2. The number of amides is 1. The molecule has 0 bridgehead atoms. The van der Waals surface area contributed by atoms with Crippen molar-refractivity contribution in [2.75, 3.05) is 24.5 Å². The lowest BCUT2D eigenvalue weighted by molar-refractivity contribution is 0.0942. The zero-order valence-electron chi connectivity index (χ0n) is 13.1. The number of aromatic amines is 1. The van der Waals surface area contributed by atoms with E-state index in [-0.39, 0.29) is 17.5 Å². The molecular weight excluding hydrogens is 315 g/mol. The Morgan fingerprint density at radius 2 is 2.29 bits per heavy atom. The summed E-state index contributed by atoms with van der Waals surface area (Å²) in [6.07, 6.45) is 2.05. The fraction of sp³-hybridized carbons (Fsp3) is 0.400. The van der Waals surface area contributed by atoms with Crippen molar-refractivity contribution in [2.45, 2.75) is 13.3 Å². The van der Waals surface area contributed by atoms with Gasteiger partial charge in [-0.05, 0) is 25.3 Å². The van der Waals surface area contributed by atoms with E-state index in [9.17, 15) is 14.0 Å². The zero-order valence-corrected chi connectivity index (χ0v) is 13.1. The van der Waals surface area contributed by atoms with Crippen LogP contribution < -0.4 is 15.9 Å². The van der Waals surface area contributed by atoms with Crippen molar-refractivity contribution in [3.05, 3.63) is 46.3 Å². The van der Waals surface area contributed by atoms with E-state index in [1.165, 1.54) is 18.5 Å². The summed E-state index contributed by atoms with van der Waals surface area (Å²) in [7, 11) is 0. The van der Waals surface area contributed by atoms with Gasteiger partial charge in [0.05, 0.1) is 0 Å². The Labute approximate surface area is 137 Å². The molecule has 1 fully saturated rings. The van der Waals surface area contributed by atoms with Gasteiger partial charge >= 0.3 is 5.69 Å². The number of aryl methyl sites for hydroxylation is 1. The van der Waals surface area contributed by atoms with E-state index in [0.717, 1.165) is 13.0 Å². The normalized spacial score (nSPS) is 17.1. The van der Waals surface area contributed by atoms with Crippen molar-refractivity contribution in [1.29, 1.82) is 0 Å². The van der Waals surface area contributed by atoms with Crippen molar-refractivity contribution in [3.8, 4) is 0 Å². The van der Waals surface area contributed by atoms with E-state index in [1.807, 2.05) is 4.90 Å². The minimum atomic E-state index is -0.563. The van der Waals surface area contributed by atoms with Gasteiger partial charge in [-0.25, -0.2) is 14.8 Å². The SMILES string of the molecule is Cc1cc(C(=O)NCC2CCN(c3cc(F)ncn3)C2)nc(=O)[nH]1. The molecule has 0 aromatic carbocycles. The van der Waals surface area contributed by atoms with E-state index in [0.29, 0.717) is 24.6 Å². The maximum atomic E-state index is 13.2. The summed E-state index contributed by atoms with van der Waals surface area (Å²) in [5, 5.41) is 2.79. The molecule has 3 rings (SSSR count). The topological polar surface area (TPSA) is 104 Å². The molecule has 0 spiro atoms. The average molecular weight is 332 g/mol. The van der Waals surface area contributed by atoms with Crippen LogP contribution in [0.2, 0.25) is 0 Å². The van der Waals surface area contributed by atoms with Gasteiger partial charge in [-0.3, -0.25) is 4.79 Å². The quantitative estimate of drug-likeness (QED) is 0.779. The third kappa shape index (κ3) is 3.73. The molecule has 0 aliphatic carbocycles. The molecule has 2 aromatic heterocycles. The molecule has 1 atom stereocenters. The molecule has 2 aromatic rings. The maximum absolute atomic E-state index is 13.2. The third-order valence-electron chi connectivity index (χ3n) is 3.89. The van der Waals surface area contributed by atoms with Gasteiger partial charge in [-0.15, -0.1) is 0 Å². The molecule has 9 heteroatoms. The molecule has 1 aliphatic rings. The number of hydrogen-bond acceptors (Lipinski definition) is 6. The molecule has 1 unspecified atom stereocenters. The van der Waals surface area contributed by atoms with Gasteiger partial charge < -0.3 is 15.2 Å². The zero-order chi connectivity index (χ0) is 17.1. The first kappa shape index (κ1) is 16.0. The molecule has 1 aliphatic heterocycles. The van der Waals surface area contributed by atoms with Crippen LogP contribution in [-0.4, -0.2) is 45.5 Å². The highest BCUT2D eigenvalue weighted by Crippen LogP contribution is 2.21. The number of anilines is 1. The Bertz CT molecular complexity index is 809. The number of carbonyl (C=O) groups excluding carboxylic acids is 1. The minimum absolute atomic E-state index is 0.101. The fourth-order valence-corrected chi connectivity index (χ4v) is 2.73. The fourth-order valence-electron chi connectivity index (χ4n) is 2.73. The summed E-state index contributed by atoms with van der Waals surface area (Å²) >= 11 is 0. The smallest absolute Gasteiger partial charge is 0.345 e. The molecule has 1 saturated heterocycles. The molecule has 2 N–H and O–H groups in total. The average Bonchev–Trinajstić information content (AvgIpc) is 3.00. The highest BCUT2D eigenvalue weighted by Gasteiger charge is 2.24. The van der Waals surface area contributed by atoms with E-state index in [2.05, 4.69) is 25.3 Å². The van der Waals surface area contributed by atoms with Crippen LogP contribution in [0.4, 0.5) is 10.2 Å². The van der Waals surface area contributed by atoms with Crippen molar-refractivity contribution < 1.29 is 9.18 Å². The highest BCUT2D eigenvalue weighted by atomic mass is 19.1. The van der Waals surface area contributed by atoms with Crippen LogP contribution in [0.5, 0.6) is 0 Å². The van der Waals surface area contributed by atoms with Crippen LogP contribution in [0, 0.1) is 18.8 Å². The summed E-state index contributed by atoms with van der Waals surface area (Å²) in [6, 6.07) is 2.82. The lowest BCUT2D eigenvalue weighted by Gasteiger charge is -2.17. The first-order valence-electron chi connectivity index (χ1n) is 7.60. The molecule has 24 heavy (non-hydrogen) atoms. The van der Waals surface area contributed by atoms with Gasteiger partial charge in [0.15, 0.2) is 0 Å². The largest absolute Gasteiger partial charge is 0.356 e. The first-order chi connectivity index (χ1) is 11.5. The van der Waals surface area contributed by atoms with Crippen LogP contribution in [-0.2, 0) is 0 Å². The Hall–Kier alpha value is -2.84. The Kier molecular flexibility index (Phi) is 4.50. The molecule has 8 nitrogen and oxygen atoms in total. The Morgan fingerprint density at radius 1 is 1.46 bits per heavy atom. The maximum Gasteiger partial charge on any atom is 0.345 e. The second-order valence-corrected chi connectivity index (χ2v) is 5.76. The number of nitrogens with one attached hydrogen (secondary N) is 2. The van der Waals surface area contributed by atoms with E-state index in [1.54, 1.807) is 6.92 Å². The highest BCUT2D eigenvalue weighted by molar-refractivity contribution is 5.92. The number of rotatable bonds is 4. The summed E-state index contributed by atoms with van der Waals surface area (Å²) in [6.45, 7) is 3.55. The van der Waals surface area contributed by atoms with E-state index >= 15 is 0 Å². The molecule has 0 radical (unpaired) electrons. The van der Waals surface area contributed by atoms with Gasteiger partial charge in [-0.1, -0.05) is 0 Å². The van der Waals surface area contributed by atoms with E-state index in [4.69, 9.17) is 0 Å². The summed E-state index contributed by atoms with van der Waals surface area (Å²) in [5.74, 6) is -0.179. The molecular formula is C15H17FN6O2. The van der Waals surface area contributed by atoms with Crippen LogP contribution in [0.25, 0.3) is 0 Å². The second-order valence-electron chi connectivity index (χ2n) is 5.76. The minimum Gasteiger partial charge on any atom is -0.356 e. The van der Waals surface area contributed by atoms with Crippen LogP contribution >= 0.6 is 0 Å². The van der Waals surface area contributed by atoms with Gasteiger partial charge in [-0.2, -0.15) is 9.37 Å². The molecule has 3 heterocycles. The molecule has 0 saturated carbocycles. The van der Waals surface area contributed by atoms with E-state index < -0.39 is 11.6 Å². The van der Waals surface area contributed by atoms with Crippen LogP contribution in [0.15, 0.2) is 23.3 Å². The predicted octanol–water partition coefficient (Wildman–Crippen LogP) is 0.264. The van der Waals surface area contributed by atoms with Crippen molar-refractivity contribution >= 4 is 11.7 Å². The van der Waals surface area contributed by atoms with Gasteiger partial charge in [0.25, 0.3) is 5.91 Å². The number of H-pyrrole nitrogens is 1. The number of halogens is 1. The summed E-state index contributed by atoms with van der Waals surface area (Å²) in [4.78, 5) is 39.0. The molecule has 126 valence electrons. The van der Waals surface area contributed by atoms with Crippen molar-refractivity contribution in [3.63, 3.8) is 0 Å². The van der Waals surface area contributed by atoms with Gasteiger partial charge in [0.2, 0.25) is 5.95 Å². The number of carbonyl (C=O) groups is 1. The Morgan fingerprint density at radius 3 is 3.04 bits per heavy atom. The Balaban J connectivity index is 1.56. The second kappa shape index (κ2) is 6.73. The lowest BCUT2D eigenvalue weighted by atomic mass is 10.1. The van der Waals surface area contributed by atoms with Crippen molar-refractivity contribution in [1.82, 2.24) is 25.3 Å². The number of aromatic nitrogens is 4. The van der Waals surface area contributed by atoms with Crippen molar-refractivity contribution in [2.24, 2.45) is 5.92 Å². The number of nitrogens with zero attached hydrogens (tertiary/aromatic N) is 4. The van der Waals surface area contributed by atoms with Crippen LogP contribution in [0.1, 0.15) is 22.6 Å². The molecule has 1 amide bonds.